The highest BCUT2D eigenvalue weighted by atomic mass is 35.5. The minimum absolute atomic E-state index is 0. The van der Waals surface area contributed by atoms with E-state index in [2.05, 4.69) is 15.6 Å². The van der Waals surface area contributed by atoms with E-state index in [9.17, 15) is 4.79 Å². The first kappa shape index (κ1) is 17.6. The molecule has 0 bridgehead atoms. The molecule has 1 saturated heterocycles. The topological polar surface area (TPSA) is 63.2 Å². The molecule has 2 rings (SSSR count). The Bertz CT molecular complexity index is 370. The lowest BCUT2D eigenvalue weighted by molar-refractivity contribution is -0.134. The van der Waals surface area contributed by atoms with Crippen LogP contribution >= 0.6 is 36.2 Å². The highest BCUT2D eigenvalue weighted by molar-refractivity contribution is 7.09. The number of morpholine rings is 1. The van der Waals surface area contributed by atoms with Gasteiger partial charge in [-0.25, -0.2) is 4.98 Å². The van der Waals surface area contributed by atoms with Crippen LogP contribution in [0.5, 0.6) is 0 Å². The largest absolute Gasteiger partial charge is 0.366 e. The van der Waals surface area contributed by atoms with Crippen LogP contribution in [0.15, 0.2) is 5.38 Å². The van der Waals surface area contributed by atoms with E-state index >= 15 is 0 Å². The van der Waals surface area contributed by atoms with E-state index in [-0.39, 0.29) is 36.8 Å². The van der Waals surface area contributed by atoms with E-state index in [1.807, 2.05) is 12.3 Å². The molecule has 5 nitrogen and oxygen atoms in total. The smallest absolute Gasteiger partial charge is 0.250 e. The second-order valence-corrected chi connectivity index (χ2v) is 4.61. The van der Waals surface area contributed by atoms with Gasteiger partial charge in [0, 0.05) is 24.2 Å². The van der Waals surface area contributed by atoms with Crippen LogP contribution in [-0.4, -0.2) is 36.7 Å². The second kappa shape index (κ2) is 8.66. The summed E-state index contributed by atoms with van der Waals surface area (Å²) in [7, 11) is 0. The molecule has 1 aromatic heterocycles. The van der Waals surface area contributed by atoms with Crippen molar-refractivity contribution in [2.45, 2.75) is 19.6 Å². The Labute approximate surface area is 123 Å². The van der Waals surface area contributed by atoms with Gasteiger partial charge in [-0.1, -0.05) is 0 Å². The van der Waals surface area contributed by atoms with Gasteiger partial charge in [0.05, 0.1) is 13.2 Å². The predicted molar refractivity (Wildman–Crippen MR) is 75.8 cm³/mol. The molecule has 1 aromatic rings. The lowest BCUT2D eigenvalue weighted by Crippen LogP contribution is -2.47. The summed E-state index contributed by atoms with van der Waals surface area (Å²) in [6.45, 7) is 4.42. The van der Waals surface area contributed by atoms with E-state index in [0.29, 0.717) is 19.7 Å². The van der Waals surface area contributed by atoms with Crippen LogP contribution in [-0.2, 0) is 16.1 Å². The third-order valence-electron chi connectivity index (χ3n) is 2.30. The summed E-state index contributed by atoms with van der Waals surface area (Å²) < 4.78 is 5.34. The number of amides is 1. The number of thiazole rings is 1. The van der Waals surface area contributed by atoms with Gasteiger partial charge in [-0.15, -0.1) is 36.2 Å². The first-order valence-electron chi connectivity index (χ1n) is 5.27. The summed E-state index contributed by atoms with van der Waals surface area (Å²) in [5.41, 5.74) is 0.991. The molecule has 8 heteroatoms. The maximum atomic E-state index is 11.7. The fourth-order valence-corrected chi connectivity index (χ4v) is 2.21. The molecule has 104 valence electrons. The van der Waals surface area contributed by atoms with Crippen molar-refractivity contribution in [1.82, 2.24) is 15.6 Å². The van der Waals surface area contributed by atoms with Gasteiger partial charge >= 0.3 is 0 Å². The Morgan fingerprint density at radius 3 is 3.00 bits per heavy atom. The Morgan fingerprint density at radius 1 is 1.67 bits per heavy atom. The molecule has 0 aromatic carbocycles. The molecule has 0 radical (unpaired) electrons. The number of aromatic nitrogens is 1. The average Bonchev–Trinajstić information content (AvgIpc) is 2.73. The maximum Gasteiger partial charge on any atom is 0.250 e. The number of rotatable bonds is 3. The van der Waals surface area contributed by atoms with Crippen molar-refractivity contribution in [3.05, 3.63) is 16.1 Å². The van der Waals surface area contributed by atoms with Gasteiger partial charge in [0.15, 0.2) is 0 Å². The van der Waals surface area contributed by atoms with E-state index in [4.69, 9.17) is 4.74 Å². The number of ether oxygens (including phenoxy) is 1. The van der Waals surface area contributed by atoms with Gasteiger partial charge in [0.2, 0.25) is 0 Å². The van der Waals surface area contributed by atoms with E-state index in [1.165, 1.54) is 0 Å². The Balaban J connectivity index is 0.00000144. The van der Waals surface area contributed by atoms with Gasteiger partial charge in [-0.05, 0) is 6.92 Å². The predicted octanol–water partition coefficient (Wildman–Crippen LogP) is 0.900. The van der Waals surface area contributed by atoms with Crippen LogP contribution in [0, 0.1) is 6.92 Å². The summed E-state index contributed by atoms with van der Waals surface area (Å²) in [5.74, 6) is -0.0694. The first-order valence-corrected chi connectivity index (χ1v) is 6.15. The lowest BCUT2D eigenvalue weighted by Gasteiger charge is -2.22. The fourth-order valence-electron chi connectivity index (χ4n) is 1.49. The van der Waals surface area contributed by atoms with Gasteiger partial charge in [0.25, 0.3) is 5.91 Å². The molecule has 1 fully saturated rings. The van der Waals surface area contributed by atoms with Crippen molar-refractivity contribution >= 4 is 42.1 Å². The molecule has 2 N–H and O–H groups in total. The van der Waals surface area contributed by atoms with Crippen molar-refractivity contribution in [3.8, 4) is 0 Å². The van der Waals surface area contributed by atoms with Crippen LogP contribution in [0.1, 0.15) is 10.7 Å². The molecular formula is C10H17Cl2N3O2S. The van der Waals surface area contributed by atoms with Crippen molar-refractivity contribution in [1.29, 1.82) is 0 Å². The number of carbonyl (C=O) groups excluding carboxylic acids is 1. The van der Waals surface area contributed by atoms with Crippen molar-refractivity contribution in [2.75, 3.05) is 19.7 Å². The van der Waals surface area contributed by atoms with Crippen molar-refractivity contribution in [2.24, 2.45) is 0 Å². The maximum absolute atomic E-state index is 11.7. The molecule has 0 saturated carbocycles. The standard InChI is InChI=1S/C10H15N3O2S.2ClH/c1-7-6-16-9(13-7)5-12-10(14)8-4-11-2-3-15-8;;/h6,8,11H,2-5H2,1H3,(H,12,14);2*1H. The van der Waals surface area contributed by atoms with Gasteiger partial charge < -0.3 is 15.4 Å². The highest BCUT2D eigenvalue weighted by Gasteiger charge is 2.21. The summed E-state index contributed by atoms with van der Waals surface area (Å²) in [5, 5.41) is 8.84. The molecule has 1 amide bonds. The molecule has 2 heterocycles. The van der Waals surface area contributed by atoms with Crippen LogP contribution in [0.25, 0.3) is 0 Å². The van der Waals surface area contributed by atoms with Crippen molar-refractivity contribution < 1.29 is 9.53 Å². The molecular weight excluding hydrogens is 297 g/mol. The number of carbonyl (C=O) groups is 1. The molecule has 1 aliphatic rings. The van der Waals surface area contributed by atoms with E-state index in [1.54, 1.807) is 11.3 Å². The first-order chi connectivity index (χ1) is 7.75. The third kappa shape index (κ3) is 5.07. The Morgan fingerprint density at radius 2 is 2.44 bits per heavy atom. The van der Waals surface area contributed by atoms with Crippen LogP contribution < -0.4 is 10.6 Å². The van der Waals surface area contributed by atoms with Gasteiger partial charge in [-0.3, -0.25) is 4.79 Å². The SMILES string of the molecule is Cc1csc(CNC(=O)C2CNCCO2)n1.Cl.Cl. The molecule has 1 atom stereocenters. The summed E-state index contributed by atoms with van der Waals surface area (Å²) in [6.07, 6.45) is -0.366. The number of nitrogens with one attached hydrogen (secondary N) is 2. The zero-order valence-corrected chi connectivity index (χ0v) is 12.4. The minimum atomic E-state index is -0.366. The average molecular weight is 314 g/mol. The van der Waals surface area contributed by atoms with Crippen LogP contribution in [0.2, 0.25) is 0 Å². The monoisotopic (exact) mass is 313 g/mol. The molecule has 18 heavy (non-hydrogen) atoms. The van der Waals surface area contributed by atoms with E-state index < -0.39 is 0 Å². The van der Waals surface area contributed by atoms with E-state index in [0.717, 1.165) is 17.2 Å². The second-order valence-electron chi connectivity index (χ2n) is 3.66. The lowest BCUT2D eigenvalue weighted by atomic mass is 10.3. The van der Waals surface area contributed by atoms with Crippen LogP contribution in [0.3, 0.4) is 0 Å². The Kier molecular flexibility index (Phi) is 8.47. The number of halogens is 2. The van der Waals surface area contributed by atoms with Gasteiger partial charge in [-0.2, -0.15) is 0 Å². The number of aryl methyl sites for hydroxylation is 1. The quantitative estimate of drug-likeness (QED) is 0.870. The zero-order valence-electron chi connectivity index (χ0n) is 9.97. The third-order valence-corrected chi connectivity index (χ3v) is 3.27. The summed E-state index contributed by atoms with van der Waals surface area (Å²) >= 11 is 1.56. The highest BCUT2D eigenvalue weighted by Crippen LogP contribution is 2.08. The van der Waals surface area contributed by atoms with Gasteiger partial charge in [0.1, 0.15) is 11.1 Å². The Hall–Kier alpha value is -0.400. The zero-order chi connectivity index (χ0) is 11.4. The summed E-state index contributed by atoms with van der Waals surface area (Å²) in [6, 6.07) is 0. The normalized spacial score (nSPS) is 18.4. The number of hydrogen-bond donors (Lipinski definition) is 2. The molecule has 0 spiro atoms. The fraction of sp³-hybridized carbons (Fsp3) is 0.600. The minimum Gasteiger partial charge on any atom is -0.366 e. The van der Waals surface area contributed by atoms with Crippen LogP contribution in [0.4, 0.5) is 0 Å². The number of hydrogen-bond acceptors (Lipinski definition) is 5. The molecule has 1 aliphatic heterocycles. The summed E-state index contributed by atoms with van der Waals surface area (Å²) in [4.78, 5) is 16.0. The van der Waals surface area contributed by atoms with Crippen molar-refractivity contribution in [3.63, 3.8) is 0 Å². The molecule has 1 unspecified atom stereocenters. The number of nitrogens with zero attached hydrogens (tertiary/aromatic N) is 1. The molecule has 0 aliphatic carbocycles.